The minimum Gasteiger partial charge on any atom is -0.495 e. The first-order valence-corrected chi connectivity index (χ1v) is 7.23. The summed E-state index contributed by atoms with van der Waals surface area (Å²) in [6.45, 7) is 3.39. The summed E-state index contributed by atoms with van der Waals surface area (Å²) < 4.78 is 16.7. The minimum atomic E-state index is -0.288. The summed E-state index contributed by atoms with van der Waals surface area (Å²) in [6.07, 6.45) is 2.20. The molecule has 5 nitrogen and oxygen atoms in total. The Labute approximate surface area is 116 Å². The van der Waals surface area contributed by atoms with E-state index < -0.39 is 0 Å². The first-order chi connectivity index (χ1) is 9.22. The highest BCUT2D eigenvalue weighted by Crippen LogP contribution is 2.46. The van der Waals surface area contributed by atoms with Gasteiger partial charge in [-0.1, -0.05) is 0 Å². The van der Waals surface area contributed by atoms with E-state index in [2.05, 4.69) is 0 Å². The van der Waals surface area contributed by atoms with Crippen LogP contribution in [0.2, 0.25) is 0 Å². The van der Waals surface area contributed by atoms with E-state index in [0.717, 1.165) is 43.0 Å². The number of hydrogen-bond acceptors (Lipinski definition) is 5. The Morgan fingerprint density at radius 1 is 1.37 bits per heavy atom. The fraction of sp³-hybridized carbons (Fsp3) is 0.615. The van der Waals surface area contributed by atoms with Gasteiger partial charge in [-0.2, -0.15) is 0 Å². The van der Waals surface area contributed by atoms with Crippen molar-refractivity contribution in [3.63, 3.8) is 0 Å². The van der Waals surface area contributed by atoms with Crippen molar-refractivity contribution < 1.29 is 19.0 Å². The fourth-order valence-corrected chi connectivity index (χ4v) is 3.83. The van der Waals surface area contributed by atoms with Gasteiger partial charge >= 0.3 is 0 Å². The molecule has 2 aliphatic rings. The fourth-order valence-electron chi connectivity index (χ4n) is 2.55. The van der Waals surface area contributed by atoms with Crippen LogP contribution < -0.4 is 4.74 Å². The third kappa shape index (κ3) is 2.24. The summed E-state index contributed by atoms with van der Waals surface area (Å²) in [4.78, 5) is 15.0. The van der Waals surface area contributed by atoms with Gasteiger partial charge in [-0.25, -0.2) is 0 Å². The SMILES string of the molecule is COc1c(C2OC(C)O2)sc2c1CCN(C=O)CC2. The van der Waals surface area contributed by atoms with Crippen LogP contribution >= 0.6 is 11.3 Å². The van der Waals surface area contributed by atoms with Crippen LogP contribution in [0.5, 0.6) is 5.75 Å². The number of carbonyl (C=O) groups is 1. The molecule has 1 amide bonds. The molecule has 0 saturated carbocycles. The zero-order valence-electron chi connectivity index (χ0n) is 11.0. The zero-order valence-corrected chi connectivity index (χ0v) is 11.9. The summed E-state index contributed by atoms with van der Waals surface area (Å²) in [5, 5.41) is 0. The molecule has 0 atom stereocenters. The van der Waals surface area contributed by atoms with E-state index in [1.165, 1.54) is 10.4 Å². The van der Waals surface area contributed by atoms with Crippen molar-refractivity contribution >= 4 is 17.7 Å². The van der Waals surface area contributed by atoms with Crippen LogP contribution in [0.3, 0.4) is 0 Å². The predicted octanol–water partition coefficient (Wildman–Crippen LogP) is 1.71. The van der Waals surface area contributed by atoms with Crippen LogP contribution in [0.25, 0.3) is 0 Å². The molecular formula is C13H17NO4S. The summed E-state index contributed by atoms with van der Waals surface area (Å²) in [5.74, 6) is 0.879. The first kappa shape index (κ1) is 12.9. The van der Waals surface area contributed by atoms with Crippen molar-refractivity contribution in [3.05, 3.63) is 15.3 Å². The lowest BCUT2D eigenvalue weighted by Crippen LogP contribution is -2.31. The minimum absolute atomic E-state index is 0.137. The number of rotatable bonds is 3. The number of amides is 1. The van der Waals surface area contributed by atoms with E-state index in [1.807, 2.05) is 11.8 Å². The van der Waals surface area contributed by atoms with Crippen LogP contribution in [-0.4, -0.2) is 37.8 Å². The van der Waals surface area contributed by atoms with Crippen molar-refractivity contribution in [2.75, 3.05) is 20.2 Å². The lowest BCUT2D eigenvalue weighted by Gasteiger charge is -2.33. The lowest BCUT2D eigenvalue weighted by atomic mass is 10.1. The van der Waals surface area contributed by atoms with E-state index >= 15 is 0 Å². The molecule has 104 valence electrons. The number of thiophene rings is 1. The van der Waals surface area contributed by atoms with Crippen molar-refractivity contribution in [1.82, 2.24) is 4.90 Å². The largest absolute Gasteiger partial charge is 0.495 e. The molecule has 0 radical (unpaired) electrons. The summed E-state index contributed by atoms with van der Waals surface area (Å²) in [5.41, 5.74) is 1.21. The monoisotopic (exact) mass is 283 g/mol. The molecule has 19 heavy (non-hydrogen) atoms. The van der Waals surface area contributed by atoms with Gasteiger partial charge in [-0.3, -0.25) is 4.79 Å². The Kier molecular flexibility index (Phi) is 3.47. The van der Waals surface area contributed by atoms with E-state index in [-0.39, 0.29) is 12.6 Å². The van der Waals surface area contributed by atoms with Crippen LogP contribution in [0, 0.1) is 0 Å². The second kappa shape index (κ2) is 5.11. The quantitative estimate of drug-likeness (QED) is 0.792. The summed E-state index contributed by atoms with van der Waals surface area (Å²) in [6, 6.07) is 0. The molecule has 3 heterocycles. The maximum atomic E-state index is 10.9. The molecule has 1 saturated heterocycles. The van der Waals surface area contributed by atoms with E-state index in [1.54, 1.807) is 18.4 Å². The van der Waals surface area contributed by atoms with Gasteiger partial charge in [0.05, 0.1) is 7.11 Å². The van der Waals surface area contributed by atoms with Gasteiger partial charge in [0.25, 0.3) is 0 Å². The highest BCUT2D eigenvalue weighted by Gasteiger charge is 2.35. The van der Waals surface area contributed by atoms with Gasteiger partial charge < -0.3 is 19.1 Å². The van der Waals surface area contributed by atoms with Gasteiger partial charge in [0.2, 0.25) is 12.7 Å². The highest BCUT2D eigenvalue weighted by atomic mass is 32.1. The normalized spacial score (nSPS) is 26.3. The van der Waals surface area contributed by atoms with E-state index in [0.29, 0.717) is 0 Å². The second-order valence-corrected chi connectivity index (χ2v) is 5.85. The Balaban J connectivity index is 1.87. The van der Waals surface area contributed by atoms with Crippen molar-refractivity contribution in [2.45, 2.75) is 32.3 Å². The Bertz CT molecular complexity index is 481. The van der Waals surface area contributed by atoms with Gasteiger partial charge in [0, 0.05) is 23.5 Å². The Morgan fingerprint density at radius 3 is 2.74 bits per heavy atom. The average molecular weight is 283 g/mol. The number of fused-ring (bicyclic) bond motifs is 1. The smallest absolute Gasteiger partial charge is 0.209 e. The maximum absolute atomic E-state index is 10.9. The summed E-state index contributed by atoms with van der Waals surface area (Å²) in [7, 11) is 1.68. The third-order valence-corrected chi connectivity index (χ3v) is 4.84. The maximum Gasteiger partial charge on any atom is 0.209 e. The number of carbonyl (C=O) groups excluding carboxylic acids is 1. The van der Waals surface area contributed by atoms with E-state index in [9.17, 15) is 4.79 Å². The molecule has 1 aromatic heterocycles. The second-order valence-electron chi connectivity index (χ2n) is 4.71. The number of methoxy groups -OCH3 is 1. The van der Waals surface area contributed by atoms with Crippen molar-refractivity contribution in [2.24, 2.45) is 0 Å². The third-order valence-electron chi connectivity index (χ3n) is 3.54. The number of ether oxygens (including phenoxy) is 3. The molecule has 0 N–H and O–H groups in total. The molecule has 0 unspecified atom stereocenters. The number of hydrogen-bond donors (Lipinski definition) is 0. The standard InChI is InChI=1S/C13H17NO4S/c1-8-17-13(18-8)12-11(16-2)9-3-5-14(7-15)6-4-10(9)19-12/h7-8,13H,3-6H2,1-2H3. The Hall–Kier alpha value is -1.11. The van der Waals surface area contributed by atoms with Gasteiger partial charge in [-0.05, 0) is 19.8 Å². The van der Waals surface area contributed by atoms with Crippen LogP contribution in [0.4, 0.5) is 0 Å². The molecule has 0 spiro atoms. The Morgan fingerprint density at radius 2 is 2.11 bits per heavy atom. The van der Waals surface area contributed by atoms with Gasteiger partial charge in [-0.15, -0.1) is 11.3 Å². The molecule has 6 heteroatoms. The van der Waals surface area contributed by atoms with Crippen molar-refractivity contribution in [1.29, 1.82) is 0 Å². The van der Waals surface area contributed by atoms with Gasteiger partial charge in [0.15, 0.2) is 6.29 Å². The first-order valence-electron chi connectivity index (χ1n) is 6.41. The molecule has 1 aromatic rings. The predicted molar refractivity (Wildman–Crippen MR) is 70.3 cm³/mol. The molecule has 0 aromatic carbocycles. The summed E-state index contributed by atoms with van der Waals surface area (Å²) >= 11 is 1.68. The molecule has 0 bridgehead atoms. The molecule has 0 aliphatic carbocycles. The van der Waals surface area contributed by atoms with Crippen LogP contribution in [0.1, 0.15) is 28.5 Å². The van der Waals surface area contributed by atoms with E-state index in [4.69, 9.17) is 14.2 Å². The number of nitrogens with zero attached hydrogens (tertiary/aromatic N) is 1. The average Bonchev–Trinajstić information content (AvgIpc) is 2.60. The highest BCUT2D eigenvalue weighted by molar-refractivity contribution is 7.12. The van der Waals surface area contributed by atoms with Crippen LogP contribution in [-0.2, 0) is 27.1 Å². The zero-order chi connectivity index (χ0) is 13.4. The molecular weight excluding hydrogens is 266 g/mol. The molecule has 2 aliphatic heterocycles. The lowest BCUT2D eigenvalue weighted by molar-refractivity contribution is -0.381. The van der Waals surface area contributed by atoms with Crippen molar-refractivity contribution in [3.8, 4) is 5.75 Å². The van der Waals surface area contributed by atoms with Gasteiger partial charge in [0.1, 0.15) is 10.6 Å². The molecule has 3 rings (SSSR count). The topological polar surface area (TPSA) is 48.0 Å². The van der Waals surface area contributed by atoms with Crippen LogP contribution in [0.15, 0.2) is 0 Å². The molecule has 1 fully saturated rings.